The molecule has 302 valence electrons. The van der Waals surface area contributed by atoms with Gasteiger partial charge in [0, 0.05) is 33.4 Å². The Labute approximate surface area is 374 Å². The summed E-state index contributed by atoms with van der Waals surface area (Å²) in [7, 11) is -6.02. The summed E-state index contributed by atoms with van der Waals surface area (Å²) in [5, 5.41) is 12.5. The molecule has 0 aliphatic carbocycles. The summed E-state index contributed by atoms with van der Waals surface area (Å²) < 4.78 is 9.36. The Hall–Kier alpha value is -7.91. The zero-order valence-electron chi connectivity index (χ0n) is 34.9. The first kappa shape index (κ1) is 37.8. The van der Waals surface area contributed by atoms with Crippen molar-refractivity contribution in [1.82, 2.24) is 14.5 Å². The van der Waals surface area contributed by atoms with E-state index in [2.05, 4.69) is 235 Å². The second kappa shape index (κ2) is 15.5. The van der Waals surface area contributed by atoms with E-state index < -0.39 is 16.1 Å². The number of hydrogen-bond donors (Lipinski definition) is 0. The molecule has 6 heteroatoms. The topological polar surface area (TPSA) is 39.9 Å². The molecule has 0 radical (unpaired) electrons. The summed E-state index contributed by atoms with van der Waals surface area (Å²) in [4.78, 5) is 10.2. The lowest BCUT2D eigenvalue weighted by atomic mass is 10.1. The average molecular weight is 852 g/mol. The molecule has 0 atom stereocenters. The Morgan fingerprint density at radius 1 is 0.453 bits per heavy atom. The van der Waals surface area contributed by atoms with Gasteiger partial charge in [-0.05, 0) is 72.7 Å². The van der Waals surface area contributed by atoms with Crippen LogP contribution in [-0.2, 0) is 0 Å². The van der Waals surface area contributed by atoms with Gasteiger partial charge in [-0.2, -0.15) is 0 Å². The predicted molar refractivity (Wildman–Crippen MR) is 269 cm³/mol. The van der Waals surface area contributed by atoms with Gasteiger partial charge in [-0.1, -0.05) is 200 Å². The number of ether oxygens (including phenoxy) is 1. The molecule has 1 aliphatic rings. The van der Waals surface area contributed by atoms with Crippen molar-refractivity contribution in [3.05, 3.63) is 249 Å². The van der Waals surface area contributed by atoms with Gasteiger partial charge in [-0.3, -0.25) is 9.55 Å². The first-order valence-corrected chi connectivity index (χ1v) is 25.8. The van der Waals surface area contributed by atoms with Crippen molar-refractivity contribution < 1.29 is 4.74 Å². The van der Waals surface area contributed by atoms with E-state index in [1.807, 2.05) is 18.5 Å². The van der Waals surface area contributed by atoms with Crippen molar-refractivity contribution in [2.45, 2.75) is 0 Å². The third kappa shape index (κ3) is 5.73. The molecule has 0 N–H and O–H groups in total. The first-order chi connectivity index (χ1) is 31.8. The molecule has 0 amide bonds. The van der Waals surface area contributed by atoms with E-state index in [1.54, 1.807) is 0 Å². The molecule has 3 aromatic heterocycles. The van der Waals surface area contributed by atoms with Gasteiger partial charge in [-0.25, -0.2) is 4.98 Å². The Kier molecular flexibility index (Phi) is 9.14. The van der Waals surface area contributed by atoms with Gasteiger partial charge >= 0.3 is 0 Å². The highest BCUT2D eigenvalue weighted by Gasteiger charge is 2.50. The normalized spacial score (nSPS) is 12.9. The van der Waals surface area contributed by atoms with Crippen LogP contribution in [0.25, 0.3) is 38.9 Å². The number of nitrogens with zero attached hydrogens (tertiary/aromatic N) is 3. The molecule has 11 aromatic rings. The summed E-state index contributed by atoms with van der Waals surface area (Å²) in [5.41, 5.74) is 5.13. The molecular formula is C58H41N3OSi2. The van der Waals surface area contributed by atoms with Crippen LogP contribution in [-0.4, -0.2) is 30.7 Å². The number of rotatable bonds is 8. The van der Waals surface area contributed by atoms with Gasteiger partial charge in [0.1, 0.15) is 17.1 Å². The number of para-hydroxylation sites is 2. The quantitative estimate of drug-likeness (QED) is 0.115. The van der Waals surface area contributed by atoms with E-state index in [0.717, 1.165) is 50.4 Å². The summed E-state index contributed by atoms with van der Waals surface area (Å²) in [6.07, 6.45) is 3.86. The van der Waals surface area contributed by atoms with Gasteiger partial charge in [0.05, 0.1) is 17.4 Å². The fourth-order valence-electron chi connectivity index (χ4n) is 10.6. The molecule has 64 heavy (non-hydrogen) atoms. The lowest BCUT2D eigenvalue weighted by molar-refractivity contribution is 0.485. The van der Waals surface area contributed by atoms with Crippen molar-refractivity contribution in [2.24, 2.45) is 0 Å². The van der Waals surface area contributed by atoms with Crippen LogP contribution in [0.1, 0.15) is 0 Å². The lowest BCUT2D eigenvalue weighted by Crippen LogP contribution is -2.76. The number of aromatic nitrogens is 3. The second-order valence-electron chi connectivity index (χ2n) is 16.5. The Balaban J connectivity index is 1.17. The monoisotopic (exact) mass is 851 g/mol. The Bertz CT molecular complexity index is 3390. The van der Waals surface area contributed by atoms with Crippen LogP contribution in [0.15, 0.2) is 249 Å². The highest BCUT2D eigenvalue weighted by Crippen LogP contribution is 2.37. The van der Waals surface area contributed by atoms with Crippen LogP contribution >= 0.6 is 0 Å². The van der Waals surface area contributed by atoms with Gasteiger partial charge < -0.3 is 4.74 Å². The molecule has 4 heterocycles. The highest BCUT2D eigenvalue weighted by atomic mass is 28.3. The fraction of sp³-hybridized carbons (Fsp3) is 0. The average Bonchev–Trinajstić information content (AvgIpc) is 3.72. The van der Waals surface area contributed by atoms with Crippen molar-refractivity contribution in [2.75, 3.05) is 0 Å². The Morgan fingerprint density at radius 2 is 1.03 bits per heavy atom. The predicted octanol–water partition coefficient (Wildman–Crippen LogP) is 8.10. The van der Waals surface area contributed by atoms with E-state index >= 15 is 0 Å². The van der Waals surface area contributed by atoms with E-state index in [0.29, 0.717) is 0 Å². The molecule has 1 aliphatic heterocycles. The van der Waals surface area contributed by atoms with E-state index in [-0.39, 0.29) is 0 Å². The third-order valence-electron chi connectivity index (χ3n) is 13.2. The minimum Gasteiger partial charge on any atom is -0.456 e. The van der Waals surface area contributed by atoms with Gasteiger partial charge in [0.2, 0.25) is 0 Å². The summed E-state index contributed by atoms with van der Waals surface area (Å²) >= 11 is 0. The molecule has 0 bridgehead atoms. The smallest absolute Gasteiger partial charge is 0.189 e. The number of pyridine rings is 2. The molecule has 0 saturated heterocycles. The maximum absolute atomic E-state index is 6.96. The molecule has 4 nitrogen and oxygen atoms in total. The number of benzene rings is 8. The van der Waals surface area contributed by atoms with Crippen molar-refractivity contribution in [1.29, 1.82) is 0 Å². The highest BCUT2D eigenvalue weighted by molar-refractivity contribution is 7.22. The van der Waals surface area contributed by atoms with Crippen LogP contribution in [0.4, 0.5) is 0 Å². The maximum atomic E-state index is 6.96. The van der Waals surface area contributed by atoms with Gasteiger partial charge in [0.15, 0.2) is 16.1 Å². The number of hydrogen-bond acceptors (Lipinski definition) is 3. The zero-order valence-corrected chi connectivity index (χ0v) is 36.9. The van der Waals surface area contributed by atoms with E-state index in [4.69, 9.17) is 14.7 Å². The molecular weight excluding hydrogens is 811 g/mol. The minimum atomic E-state index is -3.03. The summed E-state index contributed by atoms with van der Waals surface area (Å²) in [6, 6.07) is 86.5. The molecule has 0 fully saturated rings. The molecule has 0 spiro atoms. The lowest BCUT2D eigenvalue weighted by Gasteiger charge is -2.39. The van der Waals surface area contributed by atoms with E-state index in [1.165, 1.54) is 41.5 Å². The van der Waals surface area contributed by atoms with Crippen LogP contribution in [0, 0.1) is 0 Å². The molecule has 12 rings (SSSR count). The van der Waals surface area contributed by atoms with Crippen molar-refractivity contribution >= 4 is 79.6 Å². The minimum absolute atomic E-state index is 0.814. The zero-order chi connectivity index (χ0) is 42.5. The molecule has 8 aromatic carbocycles. The van der Waals surface area contributed by atoms with Crippen LogP contribution < -0.4 is 46.2 Å². The van der Waals surface area contributed by atoms with Crippen LogP contribution in [0.5, 0.6) is 11.5 Å². The van der Waals surface area contributed by atoms with Crippen molar-refractivity contribution in [3.63, 3.8) is 0 Å². The standard InChI is InChI=1S/C58H41N3OSi2/c1-5-23-44(24-6-1)63(45-25-7-2-8-26-45,48-31-19-21-42(39-48)51-34-17-18-38-59-51)49-32-20-22-43(40-49)61-52-35-14-13-33-50(52)56-57-54(41-60-58(56)61)62-53-36-15-16-37-55(53)64(57,46-27-9-3-10-28-46)47-29-11-4-12-30-47/h1-41H. The number of fused-ring (bicyclic) bond motifs is 6. The third-order valence-corrected chi connectivity index (χ3v) is 22.8. The Morgan fingerprint density at radius 3 is 1.72 bits per heavy atom. The second-order valence-corrected chi connectivity index (χ2v) is 24.0. The molecule has 0 unspecified atom stereocenters. The molecule has 0 saturated carbocycles. The van der Waals surface area contributed by atoms with E-state index in [9.17, 15) is 0 Å². The van der Waals surface area contributed by atoms with Gasteiger partial charge in [0.25, 0.3) is 0 Å². The fourth-order valence-corrected chi connectivity index (χ4v) is 20.5. The summed E-state index contributed by atoms with van der Waals surface area (Å²) in [5.74, 6) is 1.71. The largest absolute Gasteiger partial charge is 0.456 e. The van der Waals surface area contributed by atoms with Crippen molar-refractivity contribution in [3.8, 4) is 28.4 Å². The summed E-state index contributed by atoms with van der Waals surface area (Å²) in [6.45, 7) is 0. The van der Waals surface area contributed by atoms with Crippen LogP contribution in [0.2, 0.25) is 0 Å². The van der Waals surface area contributed by atoms with Gasteiger partial charge in [-0.15, -0.1) is 0 Å². The maximum Gasteiger partial charge on any atom is 0.189 e. The SMILES string of the molecule is c1ccc([Si](c2ccccc2)(c2cccc(-c3ccccn3)c2)c2cccc(-n3c4ccccc4c4c5c(cnc43)Oc3ccccc3[Si]5(c3ccccc3)c3ccccc3)c2)cc1. The first-order valence-electron chi connectivity index (χ1n) is 21.8. The van der Waals surface area contributed by atoms with Crippen LogP contribution in [0.3, 0.4) is 0 Å².